The predicted octanol–water partition coefficient (Wildman–Crippen LogP) is 7.69. The Kier molecular flexibility index (Phi) is 7.11. The van der Waals surface area contributed by atoms with Crippen molar-refractivity contribution in [1.82, 2.24) is 9.29 Å². The highest BCUT2D eigenvalue weighted by atomic mass is 32.2. The normalized spacial score (nSPS) is 17.8. The summed E-state index contributed by atoms with van der Waals surface area (Å²) in [5.41, 5.74) is -1.78. The van der Waals surface area contributed by atoms with Gasteiger partial charge in [0.15, 0.2) is 0 Å². The van der Waals surface area contributed by atoms with Gasteiger partial charge in [0.05, 0.1) is 10.8 Å². The maximum absolute atomic E-state index is 14.3. The maximum atomic E-state index is 14.3. The van der Waals surface area contributed by atoms with E-state index < -0.39 is 69.0 Å². The van der Waals surface area contributed by atoms with Gasteiger partial charge in [-0.15, -0.1) is 0 Å². The van der Waals surface area contributed by atoms with Crippen LogP contribution in [0.1, 0.15) is 50.8 Å². The molecule has 4 nitrogen and oxygen atoms in total. The molecule has 0 spiro atoms. The fraction of sp³-hybridized carbons (Fsp3) is 0.462. The van der Waals surface area contributed by atoms with Gasteiger partial charge >= 0.3 is 12.4 Å². The molecule has 13 heteroatoms. The summed E-state index contributed by atoms with van der Waals surface area (Å²) in [6, 6.07) is 5.83. The molecule has 1 fully saturated rings. The van der Waals surface area contributed by atoms with E-state index in [1.54, 1.807) is 4.72 Å². The van der Waals surface area contributed by atoms with Gasteiger partial charge in [-0.3, -0.25) is 0 Å². The summed E-state index contributed by atoms with van der Waals surface area (Å²) >= 11 is 0. The second-order valence-electron chi connectivity index (χ2n) is 11.1. The van der Waals surface area contributed by atoms with Gasteiger partial charge in [-0.1, -0.05) is 51.1 Å². The lowest BCUT2D eigenvalue weighted by Crippen LogP contribution is -2.51. The Hall–Kier alpha value is -2.67. The Labute approximate surface area is 220 Å². The van der Waals surface area contributed by atoms with Crippen molar-refractivity contribution in [3.05, 3.63) is 59.8 Å². The van der Waals surface area contributed by atoms with E-state index >= 15 is 0 Å². The summed E-state index contributed by atoms with van der Waals surface area (Å²) in [5.74, 6) is -3.26. The molecular formula is C26H26F8N2O2S. The number of nitrogens with zero attached hydrogens (tertiary/aromatic N) is 1. The van der Waals surface area contributed by atoms with Crippen LogP contribution in [0.25, 0.3) is 22.0 Å². The maximum Gasteiger partial charge on any atom is 0.417 e. The molecule has 2 aromatic carbocycles. The second kappa shape index (κ2) is 9.46. The number of aromatic nitrogens is 1. The largest absolute Gasteiger partial charge is 0.417 e. The lowest BCUT2D eigenvalue weighted by Gasteiger charge is -2.35. The van der Waals surface area contributed by atoms with E-state index in [1.807, 2.05) is 20.8 Å². The molecule has 0 bridgehead atoms. The topological polar surface area (TPSA) is 51.1 Å². The molecule has 0 amide bonds. The van der Waals surface area contributed by atoms with Gasteiger partial charge in [-0.05, 0) is 28.7 Å². The van der Waals surface area contributed by atoms with E-state index in [2.05, 4.69) is 0 Å². The average Bonchev–Trinajstić information content (AvgIpc) is 3.10. The van der Waals surface area contributed by atoms with E-state index in [0.717, 1.165) is 12.3 Å². The molecule has 1 saturated carbocycles. The number of hydrogen-bond acceptors (Lipinski definition) is 2. The van der Waals surface area contributed by atoms with Crippen molar-refractivity contribution in [2.24, 2.45) is 5.41 Å². The number of sulfonamides is 1. The minimum atomic E-state index is -5.14. The number of hydrogen-bond donors (Lipinski definition) is 1. The quantitative estimate of drug-likeness (QED) is 0.303. The first kappa shape index (κ1) is 29.3. The zero-order valence-corrected chi connectivity index (χ0v) is 21.9. The fourth-order valence-corrected chi connectivity index (χ4v) is 6.44. The molecule has 39 heavy (non-hydrogen) atoms. The molecule has 0 unspecified atom stereocenters. The summed E-state index contributed by atoms with van der Waals surface area (Å²) < 4.78 is 139. The van der Waals surface area contributed by atoms with Crippen LogP contribution < -0.4 is 4.72 Å². The molecule has 1 aliphatic carbocycles. The Bertz CT molecular complexity index is 1480. The van der Waals surface area contributed by atoms with E-state index in [0.29, 0.717) is 0 Å². The van der Waals surface area contributed by atoms with Gasteiger partial charge in [-0.25, -0.2) is 17.2 Å². The van der Waals surface area contributed by atoms with Crippen molar-refractivity contribution in [2.45, 2.75) is 69.7 Å². The van der Waals surface area contributed by atoms with Crippen LogP contribution in [0.15, 0.2) is 48.7 Å². The zero-order valence-electron chi connectivity index (χ0n) is 21.1. The third-order valence-corrected chi connectivity index (χ3v) is 8.29. The van der Waals surface area contributed by atoms with E-state index in [-0.39, 0.29) is 28.6 Å². The van der Waals surface area contributed by atoms with Crippen LogP contribution in [-0.2, 0) is 22.7 Å². The highest BCUT2D eigenvalue weighted by molar-refractivity contribution is 7.90. The van der Waals surface area contributed by atoms with Crippen LogP contribution in [0.3, 0.4) is 0 Å². The fourth-order valence-electron chi connectivity index (χ4n) is 4.73. The first-order valence-electron chi connectivity index (χ1n) is 11.9. The highest BCUT2D eigenvalue weighted by Gasteiger charge is 2.54. The number of fused-ring (bicyclic) bond motifs is 1. The van der Waals surface area contributed by atoms with Crippen LogP contribution in [0.4, 0.5) is 35.1 Å². The van der Waals surface area contributed by atoms with Crippen molar-refractivity contribution >= 4 is 20.9 Å². The smallest absolute Gasteiger partial charge is 0.347 e. The number of rotatable bonds is 6. The molecule has 1 atom stereocenters. The van der Waals surface area contributed by atoms with Crippen molar-refractivity contribution < 1.29 is 43.5 Å². The molecule has 1 N–H and O–H groups in total. The third kappa shape index (κ3) is 6.24. The average molecular weight is 583 g/mol. The van der Waals surface area contributed by atoms with Gasteiger partial charge in [0, 0.05) is 42.0 Å². The number of benzene rings is 2. The number of halogens is 8. The summed E-state index contributed by atoms with van der Waals surface area (Å²) in [4.78, 5) is 0. The van der Waals surface area contributed by atoms with Crippen molar-refractivity contribution in [3.8, 4) is 11.1 Å². The van der Waals surface area contributed by atoms with Gasteiger partial charge < -0.3 is 4.57 Å². The predicted molar refractivity (Wildman–Crippen MR) is 131 cm³/mol. The van der Waals surface area contributed by atoms with E-state index in [1.165, 1.54) is 41.0 Å². The lowest BCUT2D eigenvalue weighted by molar-refractivity contribution is -0.153. The second-order valence-corrected chi connectivity index (χ2v) is 13.1. The molecule has 214 valence electrons. The first-order chi connectivity index (χ1) is 17.7. The zero-order chi connectivity index (χ0) is 29.2. The molecule has 0 saturated heterocycles. The SMILES string of the molecule is CC(C)(C)Cn1cc([C@H](NS(=O)(=O)C2CC(F)(F)C2)C(F)(F)F)c2ccc(-c3ccccc3C(F)(F)F)cc21. The molecular weight excluding hydrogens is 556 g/mol. The van der Waals surface area contributed by atoms with E-state index in [4.69, 9.17) is 0 Å². The lowest BCUT2D eigenvalue weighted by atomic mass is 9.94. The van der Waals surface area contributed by atoms with Crippen molar-refractivity contribution in [3.63, 3.8) is 0 Å². The number of alkyl halides is 8. The Morgan fingerprint density at radius 3 is 2.15 bits per heavy atom. The molecule has 1 heterocycles. The Balaban J connectivity index is 1.87. The molecule has 1 aliphatic rings. The van der Waals surface area contributed by atoms with Crippen LogP contribution in [0.2, 0.25) is 0 Å². The molecule has 3 aromatic rings. The van der Waals surface area contributed by atoms with Gasteiger partial charge in [0.25, 0.3) is 5.92 Å². The molecule has 4 rings (SSSR count). The molecule has 0 aliphatic heterocycles. The highest BCUT2D eigenvalue weighted by Crippen LogP contribution is 2.45. The van der Waals surface area contributed by atoms with Crippen LogP contribution >= 0.6 is 0 Å². The third-order valence-electron chi connectivity index (χ3n) is 6.51. The van der Waals surface area contributed by atoms with Crippen LogP contribution in [-0.4, -0.2) is 30.3 Å². The van der Waals surface area contributed by atoms with Crippen LogP contribution in [0.5, 0.6) is 0 Å². The molecule has 1 aromatic heterocycles. The van der Waals surface area contributed by atoms with Crippen molar-refractivity contribution in [1.29, 1.82) is 0 Å². The van der Waals surface area contributed by atoms with Gasteiger partial charge in [-0.2, -0.15) is 31.1 Å². The number of nitrogens with one attached hydrogen (secondary N) is 1. The minimum Gasteiger partial charge on any atom is -0.347 e. The Morgan fingerprint density at radius 2 is 1.62 bits per heavy atom. The Morgan fingerprint density at radius 1 is 1.00 bits per heavy atom. The van der Waals surface area contributed by atoms with Gasteiger partial charge in [0.1, 0.15) is 6.04 Å². The van der Waals surface area contributed by atoms with Crippen LogP contribution in [0, 0.1) is 5.41 Å². The van der Waals surface area contributed by atoms with E-state index in [9.17, 15) is 43.5 Å². The van der Waals surface area contributed by atoms with Crippen molar-refractivity contribution in [2.75, 3.05) is 0 Å². The monoisotopic (exact) mass is 582 g/mol. The standard InChI is InChI=1S/C26H26F8N2O2S/c1-23(2,3)14-36-13-19(22(26(32,33)34)35-39(37,38)16-11-24(27,28)12-16)18-9-8-15(10-21(18)36)17-6-4-5-7-20(17)25(29,30)31/h4-10,13,16,22,35H,11-12,14H2,1-3H3/t22-/m0/s1. The summed E-state index contributed by atoms with van der Waals surface area (Å²) in [7, 11) is -4.78. The molecule has 0 radical (unpaired) electrons. The minimum absolute atomic E-state index is 0.0311. The summed E-state index contributed by atoms with van der Waals surface area (Å²) in [6.45, 7) is 5.58. The summed E-state index contributed by atoms with van der Waals surface area (Å²) in [5, 5.41) is -1.71. The summed E-state index contributed by atoms with van der Waals surface area (Å²) in [6.07, 6.45) is -10.9. The first-order valence-corrected chi connectivity index (χ1v) is 13.5. The van der Waals surface area contributed by atoms with Gasteiger partial charge in [0.2, 0.25) is 10.0 Å².